The molecule has 0 unspecified atom stereocenters. The van der Waals surface area contributed by atoms with Crippen molar-refractivity contribution in [3.05, 3.63) is 12.7 Å². The Morgan fingerprint density at radius 1 is 1.38 bits per heavy atom. The molecule has 0 rings (SSSR count). The minimum absolute atomic E-state index is 0. The Hall–Kier alpha value is 2.11. The van der Waals surface area contributed by atoms with Gasteiger partial charge in [-0.05, 0) is 12.3 Å². The maximum Gasteiger partial charge on any atom is 2.00 e. The van der Waals surface area contributed by atoms with Crippen molar-refractivity contribution in [3.8, 4) is 0 Å². The molecular formula is C6H12CaNaO4P. The maximum atomic E-state index is 8.55. The van der Waals surface area contributed by atoms with Gasteiger partial charge in [0.05, 0.1) is 0 Å². The fourth-order valence-electron chi connectivity index (χ4n) is 0.333. The summed E-state index contributed by atoms with van der Waals surface area (Å²) >= 11 is 0. The van der Waals surface area contributed by atoms with Gasteiger partial charge in [-0.3, -0.25) is 0 Å². The van der Waals surface area contributed by atoms with Crippen LogP contribution in [0.3, 0.4) is 0 Å². The molecule has 0 aliphatic rings. The van der Waals surface area contributed by atoms with Crippen molar-refractivity contribution in [2.75, 3.05) is 0 Å². The third kappa shape index (κ3) is 79.2. The van der Waals surface area contributed by atoms with E-state index >= 15 is 0 Å². The van der Waals surface area contributed by atoms with E-state index < -0.39 is 7.82 Å². The Kier molecular flexibility index (Phi) is 26.5. The van der Waals surface area contributed by atoms with Gasteiger partial charge in [-0.1, -0.05) is 19.9 Å². The molecule has 68 valence electrons. The van der Waals surface area contributed by atoms with Crippen LogP contribution in [0.15, 0.2) is 12.7 Å². The van der Waals surface area contributed by atoms with Crippen LogP contribution in [0.4, 0.5) is 0 Å². The van der Waals surface area contributed by atoms with Gasteiger partial charge in [0, 0.05) is 0 Å². The van der Waals surface area contributed by atoms with Gasteiger partial charge in [-0.15, -0.1) is 6.58 Å². The minimum Gasteiger partial charge on any atom is -0.822 e. The zero-order valence-corrected chi connectivity index (χ0v) is 13.5. The van der Waals surface area contributed by atoms with Crippen LogP contribution in [0.25, 0.3) is 0 Å². The molecule has 0 aliphatic carbocycles. The Morgan fingerprint density at radius 2 is 1.62 bits per heavy atom. The van der Waals surface area contributed by atoms with Gasteiger partial charge in [0.2, 0.25) is 0 Å². The van der Waals surface area contributed by atoms with E-state index in [0.29, 0.717) is 0 Å². The zero-order valence-electron chi connectivity index (χ0n) is 8.36. The largest absolute Gasteiger partial charge is 2.00 e. The SMILES string of the molecule is C=CCC(C)C.O=P([O-])([O-])[O-].[Ca+2].[Na+]. The van der Waals surface area contributed by atoms with Crippen LogP contribution in [0.5, 0.6) is 0 Å². The smallest absolute Gasteiger partial charge is 0.822 e. The molecule has 0 fully saturated rings. The van der Waals surface area contributed by atoms with Gasteiger partial charge in [-0.2, -0.15) is 7.82 Å². The van der Waals surface area contributed by atoms with Crippen LogP contribution in [0, 0.1) is 5.92 Å². The summed E-state index contributed by atoms with van der Waals surface area (Å²) in [6, 6.07) is 0. The molecule has 4 nitrogen and oxygen atoms in total. The Labute approximate surface area is 131 Å². The second-order valence-corrected chi connectivity index (χ2v) is 3.26. The standard InChI is InChI=1S/C6H12.Ca.Na.H3O4P/c1-4-5-6(2)3;;;1-5(2,3)4/h4,6H,1,5H2,2-3H3;;;(H3,1,2,3,4)/q;+2;+1;/p-3. The quantitative estimate of drug-likeness (QED) is 0.281. The number of phosphoric acid groups is 1. The molecule has 0 spiro atoms. The van der Waals surface area contributed by atoms with E-state index in [1.807, 2.05) is 6.08 Å². The summed E-state index contributed by atoms with van der Waals surface area (Å²) in [4.78, 5) is 25.6. The fourth-order valence-corrected chi connectivity index (χ4v) is 0.333. The predicted molar refractivity (Wildman–Crippen MR) is 43.0 cm³/mol. The van der Waals surface area contributed by atoms with Crippen LogP contribution < -0.4 is 44.2 Å². The topological polar surface area (TPSA) is 86.2 Å². The van der Waals surface area contributed by atoms with E-state index in [2.05, 4.69) is 20.4 Å². The number of hydrogen-bond acceptors (Lipinski definition) is 4. The van der Waals surface area contributed by atoms with Gasteiger partial charge in [0.15, 0.2) is 0 Å². The summed E-state index contributed by atoms with van der Waals surface area (Å²) in [6.45, 7) is 7.97. The van der Waals surface area contributed by atoms with Crippen molar-refractivity contribution in [1.82, 2.24) is 0 Å². The number of hydrogen-bond donors (Lipinski definition) is 0. The molecule has 7 heteroatoms. The second kappa shape index (κ2) is 14.1. The van der Waals surface area contributed by atoms with Crippen molar-refractivity contribution < 1.29 is 48.8 Å². The molecule has 0 saturated carbocycles. The van der Waals surface area contributed by atoms with E-state index in [1.165, 1.54) is 0 Å². The predicted octanol–water partition coefficient (Wildman–Crippen LogP) is -3.98. The van der Waals surface area contributed by atoms with Crippen molar-refractivity contribution in [2.45, 2.75) is 20.3 Å². The van der Waals surface area contributed by atoms with Gasteiger partial charge < -0.3 is 19.2 Å². The molecule has 0 saturated heterocycles. The molecule has 0 aromatic heterocycles. The Balaban J connectivity index is -0.0000000546. The van der Waals surface area contributed by atoms with Gasteiger partial charge in [0.25, 0.3) is 0 Å². The number of allylic oxidation sites excluding steroid dienone is 1. The fraction of sp³-hybridized carbons (Fsp3) is 0.667. The maximum absolute atomic E-state index is 8.55. The van der Waals surface area contributed by atoms with Gasteiger partial charge in [0.1, 0.15) is 0 Å². The molecule has 0 aromatic rings. The first-order valence-electron chi connectivity index (χ1n) is 3.11. The molecule has 0 N–H and O–H groups in total. The molecule has 0 aromatic carbocycles. The number of rotatable bonds is 2. The van der Waals surface area contributed by atoms with Crippen molar-refractivity contribution in [2.24, 2.45) is 5.92 Å². The van der Waals surface area contributed by atoms with Crippen LogP contribution in [0.1, 0.15) is 20.3 Å². The molecule has 0 bridgehead atoms. The van der Waals surface area contributed by atoms with E-state index in [4.69, 9.17) is 19.2 Å². The van der Waals surface area contributed by atoms with Crippen LogP contribution in [-0.4, -0.2) is 37.7 Å². The Bertz CT molecular complexity index is 139. The Morgan fingerprint density at radius 3 is 1.62 bits per heavy atom. The second-order valence-electron chi connectivity index (χ2n) is 2.37. The van der Waals surface area contributed by atoms with Crippen molar-refractivity contribution >= 4 is 45.6 Å². The zero-order chi connectivity index (χ0) is 9.49. The first-order valence-corrected chi connectivity index (χ1v) is 4.57. The van der Waals surface area contributed by atoms with E-state index in [1.54, 1.807) is 0 Å². The van der Waals surface area contributed by atoms with Crippen LogP contribution in [-0.2, 0) is 4.57 Å². The van der Waals surface area contributed by atoms with Crippen LogP contribution >= 0.6 is 7.82 Å². The molecule has 13 heavy (non-hydrogen) atoms. The van der Waals surface area contributed by atoms with E-state index in [-0.39, 0.29) is 67.3 Å². The minimum atomic E-state index is -5.39. The summed E-state index contributed by atoms with van der Waals surface area (Å²) in [5, 5.41) is 0. The summed E-state index contributed by atoms with van der Waals surface area (Å²) < 4.78 is 8.55. The molecular weight excluding hydrogens is 230 g/mol. The molecule has 0 aliphatic heterocycles. The van der Waals surface area contributed by atoms with Crippen molar-refractivity contribution in [3.63, 3.8) is 0 Å². The third-order valence-corrected chi connectivity index (χ3v) is 0.638. The first kappa shape index (κ1) is 24.4. The summed E-state index contributed by atoms with van der Waals surface area (Å²) in [6.07, 6.45) is 3.09. The molecule has 0 amide bonds. The normalized spacial score (nSPS) is 8.77. The molecule has 0 atom stereocenters. The van der Waals surface area contributed by atoms with Crippen molar-refractivity contribution in [1.29, 1.82) is 0 Å². The summed E-state index contributed by atoms with van der Waals surface area (Å²) in [5.41, 5.74) is 0. The van der Waals surface area contributed by atoms with Gasteiger partial charge in [-0.25, -0.2) is 0 Å². The average molecular weight is 242 g/mol. The third-order valence-electron chi connectivity index (χ3n) is 0.638. The monoisotopic (exact) mass is 242 g/mol. The molecule has 0 radical (unpaired) electrons. The van der Waals surface area contributed by atoms with Crippen LogP contribution in [0.2, 0.25) is 0 Å². The molecule has 0 heterocycles. The van der Waals surface area contributed by atoms with E-state index in [9.17, 15) is 0 Å². The van der Waals surface area contributed by atoms with E-state index in [0.717, 1.165) is 12.3 Å². The summed E-state index contributed by atoms with van der Waals surface area (Å²) in [5.74, 6) is 0.780. The first-order chi connectivity index (χ1) is 4.77. The summed E-state index contributed by atoms with van der Waals surface area (Å²) in [7, 11) is -5.39. The average Bonchev–Trinajstić information content (AvgIpc) is 1.58. The van der Waals surface area contributed by atoms with Gasteiger partial charge >= 0.3 is 67.3 Å².